The van der Waals surface area contributed by atoms with Crippen LogP contribution in [0, 0.1) is 19.7 Å². The Bertz CT molecular complexity index is 1250. The Labute approximate surface area is 184 Å². The molecule has 0 aliphatic carbocycles. The second kappa shape index (κ2) is 8.35. The SMILES string of the molecule is Cc1c(C(=O)NC(C)c2cnn(-c3ccc(F)cc3)c2C)cnn1-c1cccc(Cl)c1. The fourth-order valence-electron chi connectivity index (χ4n) is 3.54. The Balaban J connectivity index is 1.54. The summed E-state index contributed by atoms with van der Waals surface area (Å²) in [6.07, 6.45) is 3.26. The highest BCUT2D eigenvalue weighted by Gasteiger charge is 2.20. The molecule has 0 bridgehead atoms. The quantitative estimate of drug-likeness (QED) is 0.480. The third-order valence-corrected chi connectivity index (χ3v) is 5.48. The monoisotopic (exact) mass is 437 g/mol. The lowest BCUT2D eigenvalue weighted by atomic mass is 10.1. The molecule has 0 fully saturated rings. The summed E-state index contributed by atoms with van der Waals surface area (Å²) in [6, 6.07) is 13.1. The summed E-state index contributed by atoms with van der Waals surface area (Å²) in [5.41, 5.74) is 4.47. The number of hydrogen-bond acceptors (Lipinski definition) is 3. The summed E-state index contributed by atoms with van der Waals surface area (Å²) in [4.78, 5) is 12.9. The predicted molar refractivity (Wildman–Crippen MR) is 117 cm³/mol. The lowest BCUT2D eigenvalue weighted by Gasteiger charge is -2.14. The Morgan fingerprint density at radius 1 is 1.00 bits per heavy atom. The molecule has 0 aliphatic heterocycles. The number of rotatable bonds is 5. The van der Waals surface area contributed by atoms with Gasteiger partial charge in [-0.1, -0.05) is 17.7 Å². The summed E-state index contributed by atoms with van der Waals surface area (Å²) < 4.78 is 16.6. The van der Waals surface area contributed by atoms with Crippen molar-refractivity contribution in [3.05, 3.63) is 94.3 Å². The van der Waals surface area contributed by atoms with E-state index in [0.29, 0.717) is 16.3 Å². The van der Waals surface area contributed by atoms with Gasteiger partial charge in [-0.05, 0) is 63.2 Å². The summed E-state index contributed by atoms with van der Waals surface area (Å²) in [5, 5.41) is 12.4. The molecule has 0 radical (unpaired) electrons. The van der Waals surface area contributed by atoms with Gasteiger partial charge in [0.05, 0.1) is 41.1 Å². The fourth-order valence-corrected chi connectivity index (χ4v) is 3.73. The van der Waals surface area contributed by atoms with Gasteiger partial charge in [-0.3, -0.25) is 4.79 Å². The van der Waals surface area contributed by atoms with E-state index in [4.69, 9.17) is 11.6 Å². The van der Waals surface area contributed by atoms with Crippen molar-refractivity contribution in [3.63, 3.8) is 0 Å². The largest absolute Gasteiger partial charge is 0.345 e. The minimum atomic E-state index is -0.303. The van der Waals surface area contributed by atoms with Gasteiger partial charge in [0, 0.05) is 16.3 Å². The molecule has 0 saturated heterocycles. The first-order valence-electron chi connectivity index (χ1n) is 9.77. The van der Waals surface area contributed by atoms with Crippen molar-refractivity contribution < 1.29 is 9.18 Å². The average molecular weight is 438 g/mol. The van der Waals surface area contributed by atoms with Gasteiger partial charge in [-0.2, -0.15) is 10.2 Å². The van der Waals surface area contributed by atoms with Crippen LogP contribution >= 0.6 is 11.6 Å². The second-order valence-corrected chi connectivity index (χ2v) is 7.74. The number of carbonyl (C=O) groups excluding carboxylic acids is 1. The van der Waals surface area contributed by atoms with Crippen LogP contribution in [0.25, 0.3) is 11.4 Å². The Hall–Kier alpha value is -3.45. The molecule has 2 heterocycles. The molecule has 8 heteroatoms. The van der Waals surface area contributed by atoms with Crippen LogP contribution in [0.4, 0.5) is 4.39 Å². The molecule has 31 heavy (non-hydrogen) atoms. The molecule has 0 saturated carbocycles. The molecule has 1 unspecified atom stereocenters. The molecular formula is C23H21ClFN5O. The number of carbonyl (C=O) groups is 1. The molecule has 6 nitrogen and oxygen atoms in total. The lowest BCUT2D eigenvalue weighted by molar-refractivity contribution is 0.0939. The van der Waals surface area contributed by atoms with Gasteiger partial charge in [0.15, 0.2) is 0 Å². The van der Waals surface area contributed by atoms with Crippen LogP contribution in [0.15, 0.2) is 60.9 Å². The van der Waals surface area contributed by atoms with E-state index >= 15 is 0 Å². The normalized spacial score (nSPS) is 12.0. The lowest BCUT2D eigenvalue weighted by Crippen LogP contribution is -2.27. The zero-order chi connectivity index (χ0) is 22.1. The van der Waals surface area contributed by atoms with Crippen molar-refractivity contribution in [3.8, 4) is 11.4 Å². The number of halogens is 2. The topological polar surface area (TPSA) is 64.7 Å². The number of benzene rings is 2. The van der Waals surface area contributed by atoms with Crippen LogP contribution < -0.4 is 5.32 Å². The average Bonchev–Trinajstić information content (AvgIpc) is 3.31. The number of aromatic nitrogens is 4. The molecular weight excluding hydrogens is 417 g/mol. The van der Waals surface area contributed by atoms with Gasteiger partial charge >= 0.3 is 0 Å². The van der Waals surface area contributed by atoms with Gasteiger partial charge in [-0.15, -0.1) is 0 Å². The summed E-state index contributed by atoms with van der Waals surface area (Å²) >= 11 is 6.08. The molecule has 2 aromatic carbocycles. The predicted octanol–water partition coefficient (Wildman–Crippen LogP) is 4.96. The Kier molecular flexibility index (Phi) is 5.61. The van der Waals surface area contributed by atoms with E-state index in [1.54, 1.807) is 46.0 Å². The smallest absolute Gasteiger partial charge is 0.255 e. The van der Waals surface area contributed by atoms with E-state index < -0.39 is 0 Å². The third kappa shape index (κ3) is 4.09. The maximum absolute atomic E-state index is 13.2. The zero-order valence-corrected chi connectivity index (χ0v) is 18.1. The molecule has 4 aromatic rings. The van der Waals surface area contributed by atoms with Gasteiger partial charge in [-0.25, -0.2) is 13.8 Å². The minimum Gasteiger partial charge on any atom is -0.345 e. The van der Waals surface area contributed by atoms with E-state index in [9.17, 15) is 9.18 Å². The number of hydrogen-bond donors (Lipinski definition) is 1. The van der Waals surface area contributed by atoms with Gasteiger partial charge in [0.2, 0.25) is 0 Å². The van der Waals surface area contributed by atoms with Crippen LogP contribution in [0.5, 0.6) is 0 Å². The maximum Gasteiger partial charge on any atom is 0.255 e. The van der Waals surface area contributed by atoms with Crippen molar-refractivity contribution >= 4 is 17.5 Å². The number of nitrogens with one attached hydrogen (secondary N) is 1. The first-order valence-corrected chi connectivity index (χ1v) is 10.1. The van der Waals surface area contributed by atoms with Gasteiger partial charge in [0.25, 0.3) is 5.91 Å². The number of amides is 1. The Morgan fingerprint density at radius 2 is 1.68 bits per heavy atom. The van der Waals surface area contributed by atoms with E-state index in [1.165, 1.54) is 12.1 Å². The fraction of sp³-hybridized carbons (Fsp3) is 0.174. The Morgan fingerprint density at radius 3 is 2.39 bits per heavy atom. The summed E-state index contributed by atoms with van der Waals surface area (Å²) in [5.74, 6) is -0.532. The second-order valence-electron chi connectivity index (χ2n) is 7.30. The van der Waals surface area contributed by atoms with Crippen LogP contribution in [0.2, 0.25) is 5.02 Å². The zero-order valence-electron chi connectivity index (χ0n) is 17.3. The van der Waals surface area contributed by atoms with Crippen LogP contribution in [0.3, 0.4) is 0 Å². The first-order chi connectivity index (χ1) is 14.8. The molecule has 1 amide bonds. The summed E-state index contributed by atoms with van der Waals surface area (Å²) in [7, 11) is 0. The highest BCUT2D eigenvalue weighted by Crippen LogP contribution is 2.22. The maximum atomic E-state index is 13.2. The van der Waals surface area contributed by atoms with Crippen molar-refractivity contribution in [2.75, 3.05) is 0 Å². The molecule has 0 spiro atoms. The third-order valence-electron chi connectivity index (χ3n) is 5.24. The van der Waals surface area contributed by atoms with Crippen LogP contribution in [0.1, 0.15) is 40.3 Å². The molecule has 4 rings (SSSR count). The van der Waals surface area contributed by atoms with Crippen molar-refractivity contribution in [2.24, 2.45) is 0 Å². The molecule has 158 valence electrons. The van der Waals surface area contributed by atoms with E-state index in [1.807, 2.05) is 32.9 Å². The van der Waals surface area contributed by atoms with Gasteiger partial charge in [0.1, 0.15) is 5.82 Å². The van der Waals surface area contributed by atoms with Crippen LogP contribution in [-0.4, -0.2) is 25.5 Å². The standard InChI is InChI=1S/C23H21ClFN5O/c1-14(21-12-26-29(15(21)2)19-9-7-18(25)8-10-19)28-23(31)22-13-27-30(16(22)3)20-6-4-5-17(24)11-20/h4-14H,1-3H3,(H,28,31). The van der Waals surface area contributed by atoms with Crippen molar-refractivity contribution in [1.82, 2.24) is 24.9 Å². The van der Waals surface area contributed by atoms with Crippen LogP contribution in [-0.2, 0) is 0 Å². The molecule has 2 aromatic heterocycles. The highest BCUT2D eigenvalue weighted by atomic mass is 35.5. The molecule has 0 aliphatic rings. The van der Waals surface area contributed by atoms with E-state index in [-0.39, 0.29) is 17.8 Å². The van der Waals surface area contributed by atoms with Crippen molar-refractivity contribution in [2.45, 2.75) is 26.8 Å². The summed E-state index contributed by atoms with van der Waals surface area (Å²) in [6.45, 7) is 5.65. The van der Waals surface area contributed by atoms with Gasteiger partial charge < -0.3 is 5.32 Å². The molecule has 1 N–H and O–H groups in total. The first kappa shape index (κ1) is 20.8. The number of nitrogens with zero attached hydrogens (tertiary/aromatic N) is 4. The highest BCUT2D eigenvalue weighted by molar-refractivity contribution is 6.30. The minimum absolute atomic E-state index is 0.229. The van der Waals surface area contributed by atoms with E-state index in [2.05, 4.69) is 15.5 Å². The van der Waals surface area contributed by atoms with E-state index in [0.717, 1.165) is 22.6 Å². The molecule has 1 atom stereocenters. The van der Waals surface area contributed by atoms with Crippen molar-refractivity contribution in [1.29, 1.82) is 0 Å².